The van der Waals surface area contributed by atoms with Gasteiger partial charge >= 0.3 is 0 Å². The molecule has 18 heavy (non-hydrogen) atoms. The summed E-state index contributed by atoms with van der Waals surface area (Å²) in [7, 11) is 0. The molecule has 2 rings (SSSR count). The lowest BCUT2D eigenvalue weighted by Crippen LogP contribution is -2.41. The van der Waals surface area contributed by atoms with Gasteiger partial charge in [0.2, 0.25) is 0 Å². The predicted molar refractivity (Wildman–Crippen MR) is 78.0 cm³/mol. The molecule has 0 radical (unpaired) electrons. The number of ether oxygens (including phenoxy) is 1. The zero-order valence-corrected chi connectivity index (χ0v) is 12.6. The van der Waals surface area contributed by atoms with Crippen LogP contribution in [-0.4, -0.2) is 50.3 Å². The summed E-state index contributed by atoms with van der Waals surface area (Å²) in [5, 5.41) is 3.44. The maximum Gasteiger partial charge on any atom is 0.0599 e. The molecule has 0 unspecified atom stereocenters. The van der Waals surface area contributed by atoms with Gasteiger partial charge in [-0.1, -0.05) is 13.8 Å². The minimum absolute atomic E-state index is 0.536. The van der Waals surface area contributed by atoms with Gasteiger partial charge in [0.1, 0.15) is 0 Å². The summed E-state index contributed by atoms with van der Waals surface area (Å²) >= 11 is 0. The Morgan fingerprint density at radius 2 is 1.67 bits per heavy atom. The molecule has 0 saturated carbocycles. The van der Waals surface area contributed by atoms with Gasteiger partial charge in [-0.25, -0.2) is 0 Å². The first-order valence-corrected chi connectivity index (χ1v) is 7.93. The molecule has 108 valence electrons. The topological polar surface area (TPSA) is 24.5 Å². The highest BCUT2D eigenvalue weighted by molar-refractivity contribution is 4.77. The van der Waals surface area contributed by atoms with Crippen molar-refractivity contribution in [1.82, 2.24) is 10.2 Å². The van der Waals surface area contributed by atoms with E-state index < -0.39 is 0 Å². The lowest BCUT2D eigenvalue weighted by Gasteiger charge is -2.35. The molecule has 0 spiro atoms. The van der Waals surface area contributed by atoms with Crippen molar-refractivity contribution in [3.8, 4) is 0 Å². The minimum atomic E-state index is 0.536. The molecule has 2 saturated heterocycles. The van der Waals surface area contributed by atoms with Crippen LogP contribution in [0.3, 0.4) is 0 Å². The molecule has 2 aliphatic heterocycles. The average molecular weight is 256 g/mol. The number of likely N-dealkylation sites (tertiary alicyclic amines) is 1. The highest BCUT2D eigenvalue weighted by Crippen LogP contribution is 2.18. The van der Waals surface area contributed by atoms with Crippen LogP contribution < -0.4 is 5.32 Å². The van der Waals surface area contributed by atoms with Crippen molar-refractivity contribution in [2.24, 2.45) is 5.92 Å². The zero-order valence-electron chi connectivity index (χ0n) is 12.6. The van der Waals surface area contributed by atoms with Gasteiger partial charge in [-0.3, -0.25) is 0 Å². The fourth-order valence-electron chi connectivity index (χ4n) is 2.92. The summed E-state index contributed by atoms with van der Waals surface area (Å²) in [5.41, 5.74) is 0. The van der Waals surface area contributed by atoms with Crippen LogP contribution in [0.5, 0.6) is 0 Å². The average Bonchev–Trinajstić information content (AvgIpc) is 2.45. The summed E-state index contributed by atoms with van der Waals surface area (Å²) in [6.07, 6.45) is 5.74. The molecule has 2 fully saturated rings. The normalized spacial score (nSPS) is 23.5. The number of hydrogen-bond donors (Lipinski definition) is 1. The molecule has 3 heteroatoms. The van der Waals surface area contributed by atoms with E-state index >= 15 is 0 Å². The smallest absolute Gasteiger partial charge is 0.0599 e. The third kappa shape index (κ3) is 5.68. The second-order valence-electron chi connectivity index (χ2n) is 5.15. The minimum Gasteiger partial charge on any atom is -0.378 e. The molecule has 0 aromatic carbocycles. The molecule has 0 aromatic rings. The van der Waals surface area contributed by atoms with Crippen molar-refractivity contribution < 1.29 is 4.74 Å². The number of rotatable bonds is 4. The molecule has 0 aliphatic carbocycles. The summed E-state index contributed by atoms with van der Waals surface area (Å²) in [6, 6.07) is 0. The molecule has 0 bridgehead atoms. The van der Waals surface area contributed by atoms with E-state index in [-0.39, 0.29) is 0 Å². The van der Waals surface area contributed by atoms with Gasteiger partial charge in [0.25, 0.3) is 0 Å². The highest BCUT2D eigenvalue weighted by atomic mass is 16.5. The fraction of sp³-hybridized carbons (Fsp3) is 1.00. The fourth-order valence-corrected chi connectivity index (χ4v) is 2.92. The van der Waals surface area contributed by atoms with Crippen LogP contribution in [0.1, 0.15) is 46.5 Å². The third-order valence-electron chi connectivity index (χ3n) is 3.91. The molecular formula is C15H32N2O. The second-order valence-corrected chi connectivity index (χ2v) is 5.15. The van der Waals surface area contributed by atoms with E-state index in [0.717, 1.165) is 12.5 Å². The van der Waals surface area contributed by atoms with Crippen LogP contribution in [0.15, 0.2) is 0 Å². The van der Waals surface area contributed by atoms with Crippen molar-refractivity contribution in [3.05, 3.63) is 0 Å². The van der Waals surface area contributed by atoms with Gasteiger partial charge in [-0.15, -0.1) is 0 Å². The Balaban J connectivity index is 0.000000771. The SMILES string of the molecule is CC.CCOC1CCN(CC2CCNCC2)CC1. The Labute approximate surface area is 113 Å². The lowest BCUT2D eigenvalue weighted by atomic mass is 9.96. The van der Waals surface area contributed by atoms with Crippen molar-refractivity contribution in [3.63, 3.8) is 0 Å². The maximum atomic E-state index is 5.68. The Kier molecular flexibility index (Phi) is 8.64. The first kappa shape index (κ1) is 15.9. The summed E-state index contributed by atoms with van der Waals surface area (Å²) in [5.74, 6) is 0.935. The Bertz CT molecular complexity index is 185. The first-order chi connectivity index (χ1) is 8.88. The van der Waals surface area contributed by atoms with Crippen LogP contribution in [0.4, 0.5) is 0 Å². The quantitative estimate of drug-likeness (QED) is 0.836. The third-order valence-corrected chi connectivity index (χ3v) is 3.91. The largest absolute Gasteiger partial charge is 0.378 e. The molecule has 1 N–H and O–H groups in total. The molecule has 2 heterocycles. The van der Waals surface area contributed by atoms with Crippen LogP contribution in [0.2, 0.25) is 0 Å². The van der Waals surface area contributed by atoms with E-state index in [9.17, 15) is 0 Å². The Hall–Kier alpha value is -0.120. The van der Waals surface area contributed by atoms with Crippen LogP contribution in [0.25, 0.3) is 0 Å². The van der Waals surface area contributed by atoms with Gasteiger partial charge in [0.05, 0.1) is 6.10 Å². The zero-order chi connectivity index (χ0) is 13.2. The molecule has 2 aliphatic rings. The summed E-state index contributed by atoms with van der Waals surface area (Å²) in [6.45, 7) is 13.2. The molecule has 3 nitrogen and oxygen atoms in total. The lowest BCUT2D eigenvalue weighted by molar-refractivity contribution is 0.0101. The van der Waals surface area contributed by atoms with Gasteiger partial charge in [-0.05, 0) is 51.6 Å². The Morgan fingerprint density at radius 3 is 2.22 bits per heavy atom. The molecule has 0 atom stereocenters. The van der Waals surface area contributed by atoms with Crippen LogP contribution in [0, 0.1) is 5.92 Å². The van der Waals surface area contributed by atoms with Gasteiger partial charge < -0.3 is 15.0 Å². The van der Waals surface area contributed by atoms with Gasteiger partial charge in [0, 0.05) is 26.2 Å². The van der Waals surface area contributed by atoms with Gasteiger partial charge in [-0.2, -0.15) is 0 Å². The molecule has 0 aromatic heterocycles. The maximum absolute atomic E-state index is 5.68. The number of nitrogens with zero attached hydrogens (tertiary/aromatic N) is 1. The van der Waals surface area contributed by atoms with Crippen LogP contribution in [-0.2, 0) is 4.74 Å². The number of nitrogens with one attached hydrogen (secondary N) is 1. The highest BCUT2D eigenvalue weighted by Gasteiger charge is 2.22. The summed E-state index contributed by atoms with van der Waals surface area (Å²) in [4.78, 5) is 2.64. The van der Waals surface area contributed by atoms with Crippen molar-refractivity contribution >= 4 is 0 Å². The number of piperidine rings is 2. The Morgan fingerprint density at radius 1 is 1.06 bits per heavy atom. The van der Waals surface area contributed by atoms with E-state index in [1.165, 1.54) is 58.4 Å². The predicted octanol–water partition coefficient (Wildman–Crippen LogP) is 2.51. The van der Waals surface area contributed by atoms with Crippen molar-refractivity contribution in [2.75, 3.05) is 39.3 Å². The standard InChI is InChI=1S/C13H26N2O.C2H6/c1-2-16-13-5-9-15(10-6-13)11-12-3-7-14-8-4-12;1-2/h12-14H,2-11H2,1H3;1-2H3. The monoisotopic (exact) mass is 256 g/mol. The summed E-state index contributed by atoms with van der Waals surface area (Å²) < 4.78 is 5.68. The van der Waals surface area contributed by atoms with Gasteiger partial charge in [0.15, 0.2) is 0 Å². The van der Waals surface area contributed by atoms with Crippen molar-refractivity contribution in [2.45, 2.75) is 52.6 Å². The second kappa shape index (κ2) is 9.76. The van der Waals surface area contributed by atoms with E-state index in [0.29, 0.717) is 6.10 Å². The van der Waals surface area contributed by atoms with E-state index in [1.54, 1.807) is 0 Å². The van der Waals surface area contributed by atoms with E-state index in [4.69, 9.17) is 4.74 Å². The number of hydrogen-bond acceptors (Lipinski definition) is 3. The molecule has 0 amide bonds. The van der Waals surface area contributed by atoms with Crippen LogP contribution >= 0.6 is 0 Å². The van der Waals surface area contributed by atoms with Crippen molar-refractivity contribution in [1.29, 1.82) is 0 Å². The first-order valence-electron chi connectivity index (χ1n) is 7.93. The van der Waals surface area contributed by atoms with E-state index in [2.05, 4.69) is 17.1 Å². The van der Waals surface area contributed by atoms with E-state index in [1.807, 2.05) is 13.8 Å². The molecular weight excluding hydrogens is 224 g/mol.